The van der Waals surface area contributed by atoms with Gasteiger partial charge in [0.15, 0.2) is 0 Å². The van der Waals surface area contributed by atoms with Crippen LogP contribution in [0, 0.1) is 0 Å². The summed E-state index contributed by atoms with van der Waals surface area (Å²) in [6.07, 6.45) is 0.608. The van der Waals surface area contributed by atoms with Gasteiger partial charge < -0.3 is 14.9 Å². The summed E-state index contributed by atoms with van der Waals surface area (Å²) < 4.78 is 5.24. The van der Waals surface area contributed by atoms with Crippen LogP contribution in [-0.4, -0.2) is 28.6 Å². The third-order valence-electron chi connectivity index (χ3n) is 2.00. The maximum Gasteiger partial charge on any atom is 0.376 e. The molecule has 5 nitrogen and oxygen atoms in total. The number of ketones is 1. The number of ether oxygens (including phenoxy) is 1. The van der Waals surface area contributed by atoms with Crippen molar-refractivity contribution in [1.29, 1.82) is 0 Å². The molecule has 0 aliphatic rings. The van der Waals surface area contributed by atoms with Crippen LogP contribution in [0.15, 0.2) is 24.3 Å². The van der Waals surface area contributed by atoms with Gasteiger partial charge in [-0.05, 0) is 25.1 Å². The Kier molecular flexibility index (Phi) is 4.74. The molecular weight excluding hydrogens is 260 g/mol. The number of hydrogen-bond donors (Lipinski definition) is 2. The maximum absolute atomic E-state index is 11.0. The maximum atomic E-state index is 11.0. The van der Waals surface area contributed by atoms with Crippen molar-refractivity contribution in [2.75, 3.05) is 6.61 Å². The highest BCUT2D eigenvalue weighted by Crippen LogP contribution is 2.28. The number of benzene rings is 1. The molecule has 0 bridgehead atoms. The predicted octanol–water partition coefficient (Wildman–Crippen LogP) is 2.29. The second-order valence-electron chi connectivity index (χ2n) is 3.27. The van der Waals surface area contributed by atoms with Crippen molar-refractivity contribution in [3.63, 3.8) is 0 Å². The minimum absolute atomic E-state index is 0.166. The lowest BCUT2D eigenvalue weighted by Crippen LogP contribution is -2.09. The Hall–Kier alpha value is -2.01. The first-order chi connectivity index (χ1) is 8.45. The van der Waals surface area contributed by atoms with E-state index in [9.17, 15) is 14.7 Å². The molecule has 0 saturated carbocycles. The first-order valence-corrected chi connectivity index (χ1v) is 5.44. The van der Waals surface area contributed by atoms with E-state index in [1.54, 1.807) is 13.0 Å². The van der Waals surface area contributed by atoms with Gasteiger partial charge in [0.25, 0.3) is 5.78 Å². The van der Waals surface area contributed by atoms with E-state index in [1.807, 2.05) is 0 Å². The molecule has 0 aliphatic heterocycles. The zero-order valence-electron chi connectivity index (χ0n) is 9.51. The van der Waals surface area contributed by atoms with E-state index in [4.69, 9.17) is 21.4 Å². The van der Waals surface area contributed by atoms with Crippen molar-refractivity contribution in [3.8, 4) is 5.75 Å². The molecule has 0 atom stereocenters. The molecule has 0 amide bonds. The zero-order valence-corrected chi connectivity index (χ0v) is 10.3. The highest BCUT2D eigenvalue weighted by molar-refractivity contribution is 6.38. The lowest BCUT2D eigenvalue weighted by Gasteiger charge is -2.09. The molecule has 0 saturated heterocycles. The van der Waals surface area contributed by atoms with Crippen molar-refractivity contribution in [1.82, 2.24) is 0 Å². The molecule has 1 aromatic carbocycles. The van der Waals surface area contributed by atoms with Crippen LogP contribution in [0.5, 0.6) is 5.75 Å². The number of halogens is 1. The summed E-state index contributed by atoms with van der Waals surface area (Å²) >= 11 is 5.77. The average Bonchev–Trinajstić information content (AvgIpc) is 2.31. The molecule has 0 unspecified atom stereocenters. The SMILES string of the molecule is CCOc1ccc(Cl)cc1C(O)=CC(=O)C(=O)O. The average molecular weight is 271 g/mol. The fourth-order valence-corrected chi connectivity index (χ4v) is 1.42. The molecule has 0 heterocycles. The molecule has 0 fully saturated rings. The normalized spacial score (nSPS) is 11.1. The molecule has 0 radical (unpaired) electrons. The van der Waals surface area contributed by atoms with Crippen molar-refractivity contribution >= 4 is 29.1 Å². The molecule has 0 spiro atoms. The highest BCUT2D eigenvalue weighted by atomic mass is 35.5. The van der Waals surface area contributed by atoms with Crippen molar-refractivity contribution in [2.24, 2.45) is 0 Å². The van der Waals surface area contributed by atoms with Gasteiger partial charge in [-0.1, -0.05) is 11.6 Å². The van der Waals surface area contributed by atoms with Crippen molar-refractivity contribution in [2.45, 2.75) is 6.92 Å². The monoisotopic (exact) mass is 270 g/mol. The predicted molar refractivity (Wildman–Crippen MR) is 65.9 cm³/mol. The molecule has 6 heteroatoms. The van der Waals surface area contributed by atoms with Gasteiger partial charge in [0.2, 0.25) is 0 Å². The minimum Gasteiger partial charge on any atom is -0.507 e. The molecule has 0 aliphatic carbocycles. The number of hydrogen-bond acceptors (Lipinski definition) is 4. The summed E-state index contributed by atoms with van der Waals surface area (Å²) in [5.41, 5.74) is 0.166. The second kappa shape index (κ2) is 6.07. The first kappa shape index (κ1) is 14.1. The van der Waals surface area contributed by atoms with Gasteiger partial charge in [0, 0.05) is 11.1 Å². The molecule has 2 N–H and O–H groups in total. The fourth-order valence-electron chi connectivity index (χ4n) is 1.25. The van der Waals surface area contributed by atoms with E-state index in [2.05, 4.69) is 0 Å². The van der Waals surface area contributed by atoms with Gasteiger partial charge in [-0.25, -0.2) is 4.79 Å². The number of aliphatic hydroxyl groups is 1. The third kappa shape index (κ3) is 3.49. The standard InChI is InChI=1S/C12H11ClO5/c1-2-18-11-4-3-7(13)5-8(11)9(14)6-10(15)12(16)17/h3-6,14H,2H2,1H3,(H,16,17). The molecular formula is C12H11ClO5. The number of carbonyl (C=O) groups is 2. The Balaban J connectivity index is 3.18. The number of carbonyl (C=O) groups excluding carboxylic acids is 1. The summed E-state index contributed by atoms with van der Waals surface area (Å²) in [6.45, 7) is 2.11. The van der Waals surface area contributed by atoms with Crippen LogP contribution in [0.25, 0.3) is 5.76 Å². The van der Waals surface area contributed by atoms with E-state index >= 15 is 0 Å². The van der Waals surface area contributed by atoms with E-state index in [-0.39, 0.29) is 5.56 Å². The minimum atomic E-state index is -1.65. The number of carboxylic acid groups (broad SMARTS) is 1. The number of aliphatic carboxylic acids is 1. The summed E-state index contributed by atoms with van der Waals surface area (Å²) in [7, 11) is 0. The summed E-state index contributed by atoms with van der Waals surface area (Å²) in [5, 5.41) is 18.5. The second-order valence-corrected chi connectivity index (χ2v) is 3.71. The Morgan fingerprint density at radius 3 is 2.61 bits per heavy atom. The topological polar surface area (TPSA) is 83.8 Å². The Morgan fingerprint density at radius 2 is 2.06 bits per heavy atom. The van der Waals surface area contributed by atoms with Gasteiger partial charge in [-0.2, -0.15) is 0 Å². The van der Waals surface area contributed by atoms with E-state index in [1.165, 1.54) is 12.1 Å². The van der Waals surface area contributed by atoms with Crippen molar-refractivity contribution < 1.29 is 24.5 Å². The molecule has 1 rings (SSSR count). The van der Waals surface area contributed by atoms with Crippen LogP contribution in [0.2, 0.25) is 5.02 Å². The summed E-state index contributed by atoms with van der Waals surface area (Å²) in [5.74, 6) is -3.07. The first-order valence-electron chi connectivity index (χ1n) is 5.06. The number of carboxylic acids is 1. The van der Waals surface area contributed by atoms with E-state index < -0.39 is 17.5 Å². The van der Waals surface area contributed by atoms with E-state index in [0.29, 0.717) is 23.5 Å². The molecule has 18 heavy (non-hydrogen) atoms. The fraction of sp³-hybridized carbons (Fsp3) is 0.167. The summed E-state index contributed by atoms with van der Waals surface area (Å²) in [6, 6.07) is 4.46. The van der Waals surface area contributed by atoms with Gasteiger partial charge in [0.1, 0.15) is 11.5 Å². The Labute approximate surface area is 108 Å². The molecule has 0 aromatic heterocycles. The highest BCUT2D eigenvalue weighted by Gasteiger charge is 2.14. The van der Waals surface area contributed by atoms with Crippen molar-refractivity contribution in [3.05, 3.63) is 34.9 Å². The Bertz CT molecular complexity index is 507. The van der Waals surface area contributed by atoms with Gasteiger partial charge >= 0.3 is 5.97 Å². The summed E-state index contributed by atoms with van der Waals surface area (Å²) in [4.78, 5) is 21.4. The van der Waals surface area contributed by atoms with E-state index in [0.717, 1.165) is 0 Å². The number of aliphatic hydroxyl groups excluding tert-OH is 1. The largest absolute Gasteiger partial charge is 0.507 e. The van der Waals surface area contributed by atoms with Crippen LogP contribution in [0.4, 0.5) is 0 Å². The molecule has 1 aromatic rings. The lowest BCUT2D eigenvalue weighted by molar-refractivity contribution is -0.146. The van der Waals surface area contributed by atoms with Gasteiger partial charge in [-0.3, -0.25) is 4.79 Å². The number of rotatable bonds is 5. The van der Waals surface area contributed by atoms with Crippen LogP contribution >= 0.6 is 11.6 Å². The zero-order chi connectivity index (χ0) is 13.7. The van der Waals surface area contributed by atoms with Crippen LogP contribution < -0.4 is 4.74 Å². The van der Waals surface area contributed by atoms with Crippen LogP contribution in [-0.2, 0) is 9.59 Å². The smallest absolute Gasteiger partial charge is 0.376 e. The third-order valence-corrected chi connectivity index (χ3v) is 2.23. The van der Waals surface area contributed by atoms with Gasteiger partial charge in [-0.15, -0.1) is 0 Å². The van der Waals surface area contributed by atoms with Gasteiger partial charge in [0.05, 0.1) is 12.2 Å². The van der Waals surface area contributed by atoms with Crippen LogP contribution in [0.1, 0.15) is 12.5 Å². The Morgan fingerprint density at radius 1 is 1.39 bits per heavy atom. The lowest BCUT2D eigenvalue weighted by atomic mass is 10.1. The molecule has 96 valence electrons. The quantitative estimate of drug-likeness (QED) is 0.487. The van der Waals surface area contributed by atoms with Crippen LogP contribution in [0.3, 0.4) is 0 Å².